The summed E-state index contributed by atoms with van der Waals surface area (Å²) in [5, 5.41) is 4.79. The molecule has 1 aromatic rings. The van der Waals surface area contributed by atoms with Crippen LogP contribution in [0.15, 0.2) is 30.3 Å². The molecule has 6 heteroatoms. The zero-order chi connectivity index (χ0) is 13.2. The zero-order valence-electron chi connectivity index (χ0n) is 10.1. The van der Waals surface area contributed by atoms with E-state index in [-0.39, 0.29) is 0 Å². The maximum atomic E-state index is 12.1. The molecule has 18 heavy (non-hydrogen) atoms. The van der Waals surface area contributed by atoms with Crippen molar-refractivity contribution in [2.24, 2.45) is 0 Å². The summed E-state index contributed by atoms with van der Waals surface area (Å²) in [4.78, 5) is 23.5. The Kier molecular flexibility index (Phi) is 3.31. The molecule has 0 radical (unpaired) electrons. The number of urea groups is 1. The zero-order valence-corrected chi connectivity index (χ0v) is 10.1. The van der Waals surface area contributed by atoms with Crippen molar-refractivity contribution in [3.63, 3.8) is 0 Å². The number of amides is 3. The third kappa shape index (κ3) is 1.75. The lowest BCUT2D eigenvalue weighted by Gasteiger charge is -2.32. The Balaban J connectivity index is 2.54. The highest BCUT2D eigenvalue weighted by atomic mass is 16.7. The molecule has 0 aromatic heterocycles. The van der Waals surface area contributed by atoms with Crippen LogP contribution in [-0.4, -0.2) is 32.4 Å². The predicted molar refractivity (Wildman–Crippen MR) is 62.6 cm³/mol. The van der Waals surface area contributed by atoms with Crippen LogP contribution in [0.5, 0.6) is 0 Å². The first-order valence-corrected chi connectivity index (χ1v) is 5.40. The van der Waals surface area contributed by atoms with E-state index >= 15 is 0 Å². The average Bonchev–Trinajstić information content (AvgIpc) is 2.68. The lowest BCUT2D eigenvalue weighted by atomic mass is 9.89. The highest BCUT2D eigenvalue weighted by Crippen LogP contribution is 2.30. The summed E-state index contributed by atoms with van der Waals surface area (Å²) in [5.74, 6) is -0.493. The van der Waals surface area contributed by atoms with Gasteiger partial charge in [0.05, 0.1) is 0 Å². The summed E-state index contributed by atoms with van der Waals surface area (Å²) < 4.78 is 10.3. The van der Waals surface area contributed by atoms with E-state index in [9.17, 15) is 9.59 Å². The normalized spacial score (nSPS) is 23.1. The second kappa shape index (κ2) is 4.75. The Hall–Kier alpha value is -1.92. The van der Waals surface area contributed by atoms with Crippen molar-refractivity contribution < 1.29 is 19.1 Å². The van der Waals surface area contributed by atoms with Crippen LogP contribution >= 0.6 is 0 Å². The third-order valence-corrected chi connectivity index (χ3v) is 2.91. The minimum Gasteiger partial charge on any atom is -0.353 e. The van der Waals surface area contributed by atoms with Crippen molar-refractivity contribution in [3.05, 3.63) is 35.9 Å². The topological polar surface area (TPSA) is 76.7 Å². The van der Waals surface area contributed by atoms with E-state index in [0.29, 0.717) is 5.56 Å². The van der Waals surface area contributed by atoms with Gasteiger partial charge in [0.2, 0.25) is 0 Å². The minimum atomic E-state index is -1.36. The van der Waals surface area contributed by atoms with Crippen LogP contribution < -0.4 is 10.6 Å². The van der Waals surface area contributed by atoms with Gasteiger partial charge in [0, 0.05) is 14.2 Å². The van der Waals surface area contributed by atoms with Crippen LogP contribution in [0.1, 0.15) is 5.56 Å². The quantitative estimate of drug-likeness (QED) is 0.597. The number of imide groups is 1. The summed E-state index contributed by atoms with van der Waals surface area (Å²) >= 11 is 0. The molecule has 1 aliphatic rings. The molecule has 96 valence electrons. The van der Waals surface area contributed by atoms with E-state index in [0.717, 1.165) is 0 Å². The van der Waals surface area contributed by atoms with Gasteiger partial charge < -0.3 is 14.8 Å². The Morgan fingerprint density at radius 3 is 2.17 bits per heavy atom. The molecule has 0 spiro atoms. The van der Waals surface area contributed by atoms with Crippen LogP contribution in [0, 0.1) is 0 Å². The van der Waals surface area contributed by atoms with Gasteiger partial charge in [0.15, 0.2) is 11.8 Å². The fourth-order valence-corrected chi connectivity index (χ4v) is 2.12. The number of hydrogen-bond acceptors (Lipinski definition) is 4. The second-order valence-electron chi connectivity index (χ2n) is 3.89. The highest BCUT2D eigenvalue weighted by Gasteiger charge is 2.54. The summed E-state index contributed by atoms with van der Waals surface area (Å²) in [5.41, 5.74) is -0.760. The van der Waals surface area contributed by atoms with Crippen LogP contribution in [0.2, 0.25) is 0 Å². The van der Waals surface area contributed by atoms with Crippen molar-refractivity contribution in [1.82, 2.24) is 10.6 Å². The van der Waals surface area contributed by atoms with Crippen LogP contribution in [0.25, 0.3) is 0 Å². The van der Waals surface area contributed by atoms with Crippen molar-refractivity contribution in [1.29, 1.82) is 0 Å². The molecule has 1 heterocycles. The van der Waals surface area contributed by atoms with E-state index in [1.165, 1.54) is 14.2 Å². The van der Waals surface area contributed by atoms with Crippen LogP contribution in [0.4, 0.5) is 4.79 Å². The molecule has 2 N–H and O–H groups in total. The number of methoxy groups -OCH3 is 2. The summed E-state index contributed by atoms with van der Waals surface area (Å²) in [6.07, 6.45) is -0.911. The number of carbonyl (C=O) groups is 2. The highest BCUT2D eigenvalue weighted by molar-refractivity contribution is 6.07. The molecule has 1 saturated heterocycles. The number of hydrogen-bond donors (Lipinski definition) is 2. The van der Waals surface area contributed by atoms with E-state index in [1.54, 1.807) is 24.3 Å². The first kappa shape index (κ1) is 12.5. The molecule has 0 bridgehead atoms. The minimum absolute atomic E-state index is 0.493. The van der Waals surface area contributed by atoms with E-state index in [4.69, 9.17) is 9.47 Å². The maximum absolute atomic E-state index is 12.1. The fourth-order valence-electron chi connectivity index (χ4n) is 2.12. The largest absolute Gasteiger partial charge is 0.353 e. The monoisotopic (exact) mass is 250 g/mol. The van der Waals surface area contributed by atoms with Gasteiger partial charge in [-0.05, 0) is 5.56 Å². The standard InChI is InChI=1S/C12H14N2O4/c1-17-10(18-2)12(8-6-4-3-5-7-8)9(15)13-11(16)14-12/h3-7,10H,1-2H3,(H2,13,14,15,16)/t12-/m1/s1. The van der Waals surface area contributed by atoms with Gasteiger partial charge in [-0.25, -0.2) is 4.79 Å². The predicted octanol–water partition coefficient (Wildman–Crippen LogP) is 0.340. The molecule has 0 unspecified atom stereocenters. The summed E-state index contributed by atoms with van der Waals surface area (Å²) in [6.45, 7) is 0. The van der Waals surface area contributed by atoms with Crippen molar-refractivity contribution in [2.45, 2.75) is 11.8 Å². The Labute approximate surface area is 104 Å². The van der Waals surface area contributed by atoms with E-state index in [1.807, 2.05) is 6.07 Å². The first-order valence-electron chi connectivity index (χ1n) is 5.40. The molecule has 0 saturated carbocycles. The Morgan fingerprint density at radius 2 is 1.72 bits per heavy atom. The molecule has 1 aromatic carbocycles. The smallest absolute Gasteiger partial charge is 0.322 e. The number of ether oxygens (including phenoxy) is 2. The van der Waals surface area contributed by atoms with Crippen LogP contribution in [0.3, 0.4) is 0 Å². The second-order valence-corrected chi connectivity index (χ2v) is 3.89. The fraction of sp³-hybridized carbons (Fsp3) is 0.333. The first-order chi connectivity index (χ1) is 8.65. The Morgan fingerprint density at radius 1 is 1.11 bits per heavy atom. The lowest BCUT2D eigenvalue weighted by Crippen LogP contribution is -2.54. The Bertz CT molecular complexity index is 458. The van der Waals surface area contributed by atoms with E-state index in [2.05, 4.69) is 10.6 Å². The molecular weight excluding hydrogens is 236 g/mol. The number of benzene rings is 1. The molecule has 1 aliphatic heterocycles. The SMILES string of the molecule is COC(OC)[C@]1(c2ccccc2)NC(=O)NC1=O. The molecule has 1 atom stereocenters. The van der Waals surface area contributed by atoms with Crippen LogP contribution in [-0.2, 0) is 19.8 Å². The number of nitrogens with one attached hydrogen (secondary N) is 2. The summed E-state index contributed by atoms with van der Waals surface area (Å²) in [7, 11) is 2.83. The third-order valence-electron chi connectivity index (χ3n) is 2.91. The van der Waals surface area contributed by atoms with Crippen molar-refractivity contribution in [3.8, 4) is 0 Å². The van der Waals surface area contributed by atoms with Crippen molar-refractivity contribution >= 4 is 11.9 Å². The van der Waals surface area contributed by atoms with Gasteiger partial charge in [-0.2, -0.15) is 0 Å². The van der Waals surface area contributed by atoms with Gasteiger partial charge in [0.1, 0.15) is 0 Å². The molecular formula is C12H14N2O4. The molecule has 0 aliphatic carbocycles. The van der Waals surface area contributed by atoms with E-state index < -0.39 is 23.8 Å². The van der Waals surface area contributed by atoms with Crippen molar-refractivity contribution in [2.75, 3.05) is 14.2 Å². The van der Waals surface area contributed by atoms with Gasteiger partial charge in [0.25, 0.3) is 5.91 Å². The van der Waals surface area contributed by atoms with Gasteiger partial charge in [-0.3, -0.25) is 10.1 Å². The molecule has 2 rings (SSSR count). The molecule has 3 amide bonds. The number of rotatable bonds is 4. The molecule has 6 nitrogen and oxygen atoms in total. The van der Waals surface area contributed by atoms with Gasteiger partial charge >= 0.3 is 6.03 Å². The average molecular weight is 250 g/mol. The number of carbonyl (C=O) groups excluding carboxylic acids is 2. The summed E-state index contributed by atoms with van der Waals surface area (Å²) in [6, 6.07) is 8.27. The maximum Gasteiger partial charge on any atom is 0.322 e. The lowest BCUT2D eigenvalue weighted by molar-refractivity contribution is -0.166. The van der Waals surface area contributed by atoms with Gasteiger partial charge in [-0.1, -0.05) is 30.3 Å². The van der Waals surface area contributed by atoms with Gasteiger partial charge in [-0.15, -0.1) is 0 Å². The molecule has 1 fully saturated rings.